The Labute approximate surface area is 106 Å². The number of aryl methyl sites for hydroxylation is 1. The molecular formula is C15H16FNO. The maximum absolute atomic E-state index is 12.7. The minimum Gasteiger partial charge on any atom is -0.393 e. The third-order valence-corrected chi connectivity index (χ3v) is 2.84. The van der Waals surface area contributed by atoms with Crippen molar-refractivity contribution in [1.82, 2.24) is 4.98 Å². The number of nitrogens with zero attached hydrogens (tertiary/aromatic N) is 1. The van der Waals surface area contributed by atoms with Crippen molar-refractivity contribution in [3.8, 4) is 0 Å². The van der Waals surface area contributed by atoms with Crippen LogP contribution in [0.25, 0.3) is 0 Å². The molecule has 1 unspecified atom stereocenters. The molecule has 0 saturated carbocycles. The molecule has 94 valence electrons. The molecule has 1 heterocycles. The largest absolute Gasteiger partial charge is 0.393 e. The molecule has 1 N–H and O–H groups in total. The second-order valence-corrected chi connectivity index (χ2v) is 4.34. The topological polar surface area (TPSA) is 33.1 Å². The Morgan fingerprint density at radius 3 is 2.56 bits per heavy atom. The van der Waals surface area contributed by atoms with Gasteiger partial charge in [-0.2, -0.15) is 0 Å². The minimum absolute atomic E-state index is 0.248. The van der Waals surface area contributed by atoms with E-state index in [0.717, 1.165) is 17.7 Å². The van der Waals surface area contributed by atoms with Crippen molar-refractivity contribution in [1.29, 1.82) is 0 Å². The van der Waals surface area contributed by atoms with E-state index >= 15 is 0 Å². The minimum atomic E-state index is -0.419. The predicted octanol–water partition coefficient (Wildman–Crippen LogP) is 2.76. The molecule has 0 saturated heterocycles. The highest BCUT2D eigenvalue weighted by molar-refractivity contribution is 5.16. The number of hydrogen-bond acceptors (Lipinski definition) is 2. The number of aromatic nitrogens is 1. The molecule has 0 aliphatic rings. The lowest BCUT2D eigenvalue weighted by atomic mass is 10.0. The average molecular weight is 245 g/mol. The van der Waals surface area contributed by atoms with Gasteiger partial charge >= 0.3 is 0 Å². The van der Waals surface area contributed by atoms with E-state index in [4.69, 9.17) is 0 Å². The Hall–Kier alpha value is -1.74. The van der Waals surface area contributed by atoms with Gasteiger partial charge in [0.2, 0.25) is 0 Å². The lowest BCUT2D eigenvalue weighted by Gasteiger charge is -2.10. The molecule has 0 spiro atoms. The highest BCUT2D eigenvalue weighted by atomic mass is 19.1. The molecule has 0 amide bonds. The van der Waals surface area contributed by atoms with Crippen molar-refractivity contribution < 1.29 is 9.50 Å². The van der Waals surface area contributed by atoms with E-state index in [2.05, 4.69) is 4.98 Å². The molecule has 3 heteroatoms. The lowest BCUT2D eigenvalue weighted by Crippen LogP contribution is -2.12. The summed E-state index contributed by atoms with van der Waals surface area (Å²) >= 11 is 0. The fourth-order valence-electron chi connectivity index (χ4n) is 1.86. The molecule has 0 aliphatic heterocycles. The number of rotatable bonds is 5. The summed E-state index contributed by atoms with van der Waals surface area (Å²) < 4.78 is 12.7. The maximum Gasteiger partial charge on any atom is 0.123 e. The molecule has 1 aromatic heterocycles. The van der Waals surface area contributed by atoms with Crippen molar-refractivity contribution in [2.75, 3.05) is 0 Å². The molecule has 18 heavy (non-hydrogen) atoms. The Bertz CT molecular complexity index is 470. The second kappa shape index (κ2) is 6.26. The predicted molar refractivity (Wildman–Crippen MR) is 68.7 cm³/mol. The number of halogens is 1. The number of pyridine rings is 1. The normalized spacial score (nSPS) is 12.3. The summed E-state index contributed by atoms with van der Waals surface area (Å²) in [5.74, 6) is -0.248. The monoisotopic (exact) mass is 245 g/mol. The summed E-state index contributed by atoms with van der Waals surface area (Å²) in [5, 5.41) is 9.91. The third-order valence-electron chi connectivity index (χ3n) is 2.84. The summed E-state index contributed by atoms with van der Waals surface area (Å²) in [4.78, 5) is 4.21. The van der Waals surface area contributed by atoms with Crippen molar-refractivity contribution in [2.45, 2.75) is 25.4 Å². The van der Waals surface area contributed by atoms with Crippen molar-refractivity contribution >= 4 is 0 Å². The van der Waals surface area contributed by atoms with E-state index in [1.807, 2.05) is 18.2 Å². The molecule has 0 fully saturated rings. The number of benzene rings is 1. The zero-order valence-electron chi connectivity index (χ0n) is 10.1. The van der Waals surface area contributed by atoms with Gasteiger partial charge in [0, 0.05) is 11.9 Å². The van der Waals surface area contributed by atoms with Crippen LogP contribution in [0.4, 0.5) is 4.39 Å². The van der Waals surface area contributed by atoms with Gasteiger partial charge in [0.1, 0.15) is 5.82 Å². The molecule has 1 aromatic carbocycles. The van der Waals surface area contributed by atoms with Gasteiger partial charge < -0.3 is 5.11 Å². The maximum atomic E-state index is 12.7. The average Bonchev–Trinajstić information content (AvgIpc) is 2.40. The van der Waals surface area contributed by atoms with E-state index in [0.29, 0.717) is 12.8 Å². The molecule has 2 nitrogen and oxygen atoms in total. The van der Waals surface area contributed by atoms with Crippen LogP contribution in [0.1, 0.15) is 17.7 Å². The van der Waals surface area contributed by atoms with Crippen molar-refractivity contribution in [2.24, 2.45) is 0 Å². The van der Waals surface area contributed by atoms with Crippen LogP contribution in [0.3, 0.4) is 0 Å². The van der Waals surface area contributed by atoms with Crippen LogP contribution in [0.15, 0.2) is 48.7 Å². The number of hydrogen-bond donors (Lipinski definition) is 1. The lowest BCUT2D eigenvalue weighted by molar-refractivity contribution is 0.165. The highest BCUT2D eigenvalue weighted by Gasteiger charge is 2.06. The van der Waals surface area contributed by atoms with Gasteiger partial charge in [0.05, 0.1) is 6.10 Å². The van der Waals surface area contributed by atoms with Gasteiger partial charge in [-0.15, -0.1) is 0 Å². The third kappa shape index (κ3) is 3.93. The fraction of sp³-hybridized carbons (Fsp3) is 0.267. The summed E-state index contributed by atoms with van der Waals surface area (Å²) in [7, 11) is 0. The van der Waals surface area contributed by atoms with E-state index in [1.165, 1.54) is 12.1 Å². The van der Waals surface area contributed by atoms with E-state index in [1.54, 1.807) is 18.3 Å². The van der Waals surface area contributed by atoms with Gasteiger partial charge in [-0.3, -0.25) is 4.98 Å². The van der Waals surface area contributed by atoms with E-state index in [9.17, 15) is 9.50 Å². The van der Waals surface area contributed by atoms with Crippen LogP contribution in [-0.2, 0) is 12.8 Å². The van der Waals surface area contributed by atoms with Crippen molar-refractivity contribution in [3.05, 3.63) is 65.7 Å². The van der Waals surface area contributed by atoms with E-state index < -0.39 is 6.10 Å². The van der Waals surface area contributed by atoms with Crippen LogP contribution in [0.5, 0.6) is 0 Å². The molecule has 1 atom stereocenters. The Morgan fingerprint density at radius 1 is 1.11 bits per heavy atom. The molecule has 0 radical (unpaired) electrons. The second-order valence-electron chi connectivity index (χ2n) is 4.34. The van der Waals surface area contributed by atoms with Gasteiger partial charge in [-0.1, -0.05) is 18.2 Å². The molecule has 0 bridgehead atoms. The zero-order chi connectivity index (χ0) is 12.8. The zero-order valence-corrected chi connectivity index (χ0v) is 10.1. The van der Waals surface area contributed by atoms with Crippen LogP contribution >= 0.6 is 0 Å². The standard InChI is InChI=1S/C15H16FNO/c16-13-6-4-12(5-7-13)11-15(18)9-8-14-3-1-2-10-17-14/h1-7,10,15,18H,8-9,11H2. The van der Waals surface area contributed by atoms with Gasteiger partial charge in [0.25, 0.3) is 0 Å². The van der Waals surface area contributed by atoms with Crippen LogP contribution < -0.4 is 0 Å². The van der Waals surface area contributed by atoms with Crippen LogP contribution in [0.2, 0.25) is 0 Å². The first-order chi connectivity index (χ1) is 8.74. The molecule has 2 aromatic rings. The SMILES string of the molecule is OC(CCc1ccccn1)Cc1ccc(F)cc1. The Balaban J connectivity index is 1.82. The summed E-state index contributed by atoms with van der Waals surface area (Å²) in [6.45, 7) is 0. The first kappa shape index (κ1) is 12.7. The quantitative estimate of drug-likeness (QED) is 0.878. The summed E-state index contributed by atoms with van der Waals surface area (Å²) in [5.41, 5.74) is 1.93. The van der Waals surface area contributed by atoms with Crippen LogP contribution in [-0.4, -0.2) is 16.2 Å². The smallest absolute Gasteiger partial charge is 0.123 e. The number of aliphatic hydroxyl groups excluding tert-OH is 1. The van der Waals surface area contributed by atoms with E-state index in [-0.39, 0.29) is 5.82 Å². The summed E-state index contributed by atoms with van der Waals surface area (Å²) in [6, 6.07) is 12.0. The first-order valence-electron chi connectivity index (χ1n) is 6.06. The fourth-order valence-corrected chi connectivity index (χ4v) is 1.86. The van der Waals surface area contributed by atoms with Crippen LogP contribution in [0, 0.1) is 5.82 Å². The summed E-state index contributed by atoms with van der Waals surface area (Å²) in [6.07, 6.45) is 3.30. The molecule has 0 aliphatic carbocycles. The first-order valence-corrected chi connectivity index (χ1v) is 6.06. The van der Waals surface area contributed by atoms with Gasteiger partial charge in [-0.05, 0) is 49.1 Å². The van der Waals surface area contributed by atoms with Crippen molar-refractivity contribution in [3.63, 3.8) is 0 Å². The van der Waals surface area contributed by atoms with Gasteiger partial charge in [-0.25, -0.2) is 4.39 Å². The molecular weight excluding hydrogens is 229 g/mol. The Kier molecular flexibility index (Phi) is 4.42. The van der Waals surface area contributed by atoms with Gasteiger partial charge in [0.15, 0.2) is 0 Å². The highest BCUT2D eigenvalue weighted by Crippen LogP contribution is 2.09. The Morgan fingerprint density at radius 2 is 1.89 bits per heavy atom. The number of aliphatic hydroxyl groups is 1. The molecule has 2 rings (SSSR count).